The topological polar surface area (TPSA) is 90.0 Å². The minimum atomic E-state index is -4.48. The van der Waals surface area contributed by atoms with Crippen LogP contribution in [0.4, 0.5) is 24.8 Å². The molecule has 3 N–H and O–H groups in total. The van der Waals surface area contributed by atoms with Crippen molar-refractivity contribution >= 4 is 32.5 Å². The second-order valence-corrected chi connectivity index (χ2v) is 9.13. The minimum Gasteiger partial charge on any atom is -0.326 e. The van der Waals surface area contributed by atoms with E-state index in [-0.39, 0.29) is 17.0 Å². The summed E-state index contributed by atoms with van der Waals surface area (Å²) >= 11 is 0. The number of nitrogens with two attached hydrogens (primary N) is 1. The number of anilines is 2. The molecule has 0 unspecified atom stereocenters. The highest BCUT2D eigenvalue weighted by Gasteiger charge is 2.33. The van der Waals surface area contributed by atoms with Gasteiger partial charge in [-0.2, -0.15) is 13.2 Å². The van der Waals surface area contributed by atoms with E-state index in [4.69, 9.17) is 5.73 Å². The number of fused-ring (bicyclic) bond motifs is 1. The molecule has 0 fully saturated rings. The lowest BCUT2D eigenvalue weighted by Crippen LogP contribution is -2.14. The van der Waals surface area contributed by atoms with Crippen LogP contribution in [0.3, 0.4) is 0 Å². The van der Waals surface area contributed by atoms with Crippen LogP contribution >= 0.6 is 0 Å². The van der Waals surface area contributed by atoms with Gasteiger partial charge in [0.25, 0.3) is 0 Å². The predicted molar refractivity (Wildman–Crippen MR) is 116 cm³/mol. The van der Waals surface area contributed by atoms with Crippen molar-refractivity contribution in [3.05, 3.63) is 83.9 Å². The third-order valence-electron chi connectivity index (χ3n) is 4.99. The van der Waals surface area contributed by atoms with E-state index < -0.39 is 27.5 Å². The minimum absolute atomic E-state index is 0.0574. The van der Waals surface area contributed by atoms with Gasteiger partial charge in [0, 0.05) is 5.69 Å². The van der Waals surface area contributed by atoms with Crippen molar-refractivity contribution in [1.29, 1.82) is 0 Å². The molecule has 4 aromatic rings. The number of hydrogen-bond acceptors (Lipinski definition) is 5. The number of hydrogen-bond donors (Lipinski definition) is 2. The maximum absolute atomic E-state index is 13.5. The van der Waals surface area contributed by atoms with Gasteiger partial charge in [0.1, 0.15) is 5.88 Å². The highest BCUT2D eigenvalue weighted by molar-refractivity contribution is 7.91. The Kier molecular flexibility index (Phi) is 5.66. The molecule has 0 saturated carbocycles. The zero-order valence-corrected chi connectivity index (χ0v) is 17.5. The zero-order valence-electron chi connectivity index (χ0n) is 16.7. The highest BCUT2D eigenvalue weighted by Crippen LogP contribution is 2.33. The number of para-hydroxylation sites is 2. The summed E-state index contributed by atoms with van der Waals surface area (Å²) in [7, 11) is -3.55. The fraction of sp³-hybridized carbons (Fsp3) is 0.136. The maximum atomic E-state index is 13.5. The van der Waals surface area contributed by atoms with Crippen molar-refractivity contribution in [3.63, 3.8) is 0 Å². The highest BCUT2D eigenvalue weighted by atomic mass is 32.2. The fourth-order valence-electron chi connectivity index (χ4n) is 3.41. The number of nitrogens with one attached hydrogen (secondary N) is 1. The molecule has 0 aliphatic heterocycles. The summed E-state index contributed by atoms with van der Waals surface area (Å²) in [5.41, 5.74) is 6.48. The van der Waals surface area contributed by atoms with Gasteiger partial charge < -0.3 is 15.6 Å². The summed E-state index contributed by atoms with van der Waals surface area (Å²) in [6, 6.07) is 18.5. The van der Waals surface area contributed by atoms with Crippen LogP contribution in [0.5, 0.6) is 0 Å². The smallest absolute Gasteiger partial charge is 0.326 e. The van der Waals surface area contributed by atoms with Crippen molar-refractivity contribution < 1.29 is 21.6 Å². The number of aromatic nitrogens is 2. The molecule has 1 heterocycles. The lowest BCUT2D eigenvalue weighted by Gasteiger charge is -2.16. The number of benzene rings is 3. The fourth-order valence-corrected chi connectivity index (χ4v) is 4.15. The van der Waals surface area contributed by atoms with E-state index in [1.807, 2.05) is 0 Å². The van der Waals surface area contributed by atoms with Crippen LogP contribution in [0.25, 0.3) is 11.0 Å². The second kappa shape index (κ2) is 8.29. The van der Waals surface area contributed by atoms with Gasteiger partial charge >= 0.3 is 6.18 Å². The Morgan fingerprint density at radius 3 is 2.28 bits per heavy atom. The molecule has 0 amide bonds. The third kappa shape index (κ3) is 4.32. The van der Waals surface area contributed by atoms with Crippen LogP contribution < -0.4 is 11.1 Å². The molecule has 0 bridgehead atoms. The summed E-state index contributed by atoms with van der Waals surface area (Å²) in [4.78, 5) is 4.60. The Balaban J connectivity index is 1.74. The summed E-state index contributed by atoms with van der Waals surface area (Å²) < 4.78 is 66.0. The van der Waals surface area contributed by atoms with E-state index in [0.29, 0.717) is 22.7 Å². The Hall–Kier alpha value is -3.37. The van der Waals surface area contributed by atoms with Crippen molar-refractivity contribution in [2.24, 2.45) is 5.73 Å². The van der Waals surface area contributed by atoms with Crippen molar-refractivity contribution in [1.82, 2.24) is 9.55 Å². The first-order valence-corrected chi connectivity index (χ1v) is 11.2. The van der Waals surface area contributed by atoms with Crippen molar-refractivity contribution in [3.8, 4) is 0 Å². The number of imidazole rings is 1. The first kappa shape index (κ1) is 21.8. The molecule has 6 nitrogen and oxygen atoms in total. The van der Waals surface area contributed by atoms with Gasteiger partial charge in [-0.15, -0.1) is 0 Å². The maximum Gasteiger partial charge on any atom is 0.416 e. The predicted octanol–water partition coefficient (Wildman–Crippen LogP) is 4.54. The van der Waals surface area contributed by atoms with E-state index in [1.54, 1.807) is 47.0 Å². The Morgan fingerprint density at radius 2 is 1.59 bits per heavy atom. The average molecular weight is 460 g/mol. The third-order valence-corrected chi connectivity index (χ3v) is 6.42. The second-order valence-electron chi connectivity index (χ2n) is 7.10. The molecule has 32 heavy (non-hydrogen) atoms. The van der Waals surface area contributed by atoms with Gasteiger partial charge in [-0.3, -0.25) is 0 Å². The number of rotatable bonds is 6. The van der Waals surface area contributed by atoms with Gasteiger partial charge in [0.05, 0.1) is 28.0 Å². The first-order valence-electron chi connectivity index (χ1n) is 9.59. The normalized spacial score (nSPS) is 12.2. The largest absolute Gasteiger partial charge is 0.416 e. The van der Waals surface area contributed by atoms with Crippen LogP contribution in [0.2, 0.25) is 0 Å². The van der Waals surface area contributed by atoms with Crippen LogP contribution in [0.15, 0.2) is 77.7 Å². The van der Waals surface area contributed by atoms with Gasteiger partial charge in [-0.05, 0) is 48.0 Å². The van der Waals surface area contributed by atoms with Crippen LogP contribution in [-0.2, 0) is 22.6 Å². The van der Waals surface area contributed by atoms with E-state index in [9.17, 15) is 21.6 Å². The van der Waals surface area contributed by atoms with Gasteiger partial charge in [-0.1, -0.05) is 30.3 Å². The number of alkyl halides is 3. The summed E-state index contributed by atoms with van der Waals surface area (Å²) in [5.74, 6) is -0.175. The van der Waals surface area contributed by atoms with Crippen LogP contribution in [0, 0.1) is 0 Å². The Labute approximate surface area is 182 Å². The van der Waals surface area contributed by atoms with Gasteiger partial charge in [0.15, 0.2) is 9.84 Å². The SMILES string of the molecule is NCS(=O)(=O)c1ccc(Nc2nc3ccccc3n2Cc2ccccc2C(F)(F)F)cc1. The molecular weight excluding hydrogens is 441 g/mol. The van der Waals surface area contributed by atoms with Crippen molar-refractivity contribution in [2.75, 3.05) is 11.2 Å². The van der Waals surface area contributed by atoms with Gasteiger partial charge in [0.2, 0.25) is 5.95 Å². The molecule has 0 saturated heterocycles. The molecule has 3 aromatic carbocycles. The molecule has 166 valence electrons. The van der Waals surface area contributed by atoms with E-state index in [0.717, 1.165) is 6.07 Å². The quantitative estimate of drug-likeness (QED) is 0.441. The molecule has 0 radical (unpaired) electrons. The first-order chi connectivity index (χ1) is 15.2. The van der Waals surface area contributed by atoms with Gasteiger partial charge in [-0.25, -0.2) is 13.4 Å². The average Bonchev–Trinajstić information content (AvgIpc) is 3.11. The van der Waals surface area contributed by atoms with E-state index >= 15 is 0 Å². The molecule has 1 aromatic heterocycles. The zero-order chi connectivity index (χ0) is 22.9. The number of nitrogens with zero attached hydrogens (tertiary/aromatic N) is 2. The lowest BCUT2D eigenvalue weighted by molar-refractivity contribution is -0.138. The van der Waals surface area contributed by atoms with Crippen molar-refractivity contribution in [2.45, 2.75) is 17.6 Å². The van der Waals surface area contributed by atoms with Crippen LogP contribution in [0.1, 0.15) is 11.1 Å². The molecular formula is C22H19F3N4O2S. The number of sulfone groups is 1. The molecule has 10 heteroatoms. The monoisotopic (exact) mass is 460 g/mol. The summed E-state index contributed by atoms with van der Waals surface area (Å²) in [5, 5.41) is 3.08. The molecule has 0 atom stereocenters. The van der Waals surface area contributed by atoms with E-state index in [2.05, 4.69) is 10.3 Å². The molecule has 0 aliphatic rings. The molecule has 0 aliphatic carbocycles. The lowest BCUT2D eigenvalue weighted by atomic mass is 10.1. The molecule has 0 spiro atoms. The molecule has 4 rings (SSSR count). The Morgan fingerprint density at radius 1 is 0.938 bits per heavy atom. The Bertz CT molecular complexity index is 1360. The van der Waals surface area contributed by atoms with Crippen LogP contribution in [-0.4, -0.2) is 23.8 Å². The standard InChI is InChI=1S/C22H19F3N4O2S/c23-22(24,25)18-6-2-1-5-15(18)13-29-20-8-4-3-7-19(20)28-21(29)27-16-9-11-17(12-10-16)32(30,31)14-26/h1-12H,13-14,26H2,(H,27,28). The van der Waals surface area contributed by atoms with E-state index in [1.165, 1.54) is 24.3 Å². The number of halogens is 3. The summed E-state index contributed by atoms with van der Waals surface area (Å²) in [6.45, 7) is -0.0574. The summed E-state index contributed by atoms with van der Waals surface area (Å²) in [6.07, 6.45) is -4.48.